The van der Waals surface area contributed by atoms with Crippen LogP contribution in [0.4, 0.5) is 0 Å². The Bertz CT molecular complexity index is 257. The average molecular weight is 227 g/mol. The van der Waals surface area contributed by atoms with Crippen molar-refractivity contribution in [2.45, 2.75) is 85.7 Å². The maximum Gasteiger partial charge on any atom is 0.117 e. The van der Waals surface area contributed by atoms with E-state index in [1.54, 1.807) is 0 Å². The van der Waals surface area contributed by atoms with Crippen LogP contribution in [0.25, 0.3) is 0 Å². The third kappa shape index (κ3) is 2.43. The maximum absolute atomic E-state index is 6.15. The van der Waals surface area contributed by atoms with Crippen molar-refractivity contribution in [1.82, 2.24) is 4.90 Å². The van der Waals surface area contributed by atoms with Crippen molar-refractivity contribution in [2.75, 3.05) is 0 Å². The molecule has 0 bridgehead atoms. The molecule has 2 nitrogen and oxygen atoms in total. The molecule has 2 unspecified atom stereocenters. The minimum atomic E-state index is -0.171. The van der Waals surface area contributed by atoms with Gasteiger partial charge in [-0.25, -0.2) is 0 Å². The second-order valence-corrected chi connectivity index (χ2v) is 7.62. The Morgan fingerprint density at radius 3 is 1.69 bits per heavy atom. The molecular weight excluding hydrogens is 198 g/mol. The van der Waals surface area contributed by atoms with Crippen LogP contribution in [0.3, 0.4) is 0 Å². The van der Waals surface area contributed by atoms with Gasteiger partial charge >= 0.3 is 0 Å². The predicted molar refractivity (Wildman–Crippen MR) is 69.5 cm³/mol. The van der Waals surface area contributed by atoms with Crippen LogP contribution in [-0.4, -0.2) is 28.3 Å². The Balaban J connectivity index is 3.16. The molecule has 1 aliphatic rings. The van der Waals surface area contributed by atoms with E-state index in [2.05, 4.69) is 67.2 Å². The lowest BCUT2D eigenvalue weighted by Gasteiger charge is -2.47. The van der Waals surface area contributed by atoms with E-state index in [1.165, 1.54) is 0 Å². The summed E-state index contributed by atoms with van der Waals surface area (Å²) in [4.78, 5) is 2.53. The minimum absolute atomic E-state index is 0.131. The summed E-state index contributed by atoms with van der Waals surface area (Å²) < 4.78 is 6.15. The van der Waals surface area contributed by atoms with E-state index >= 15 is 0 Å². The van der Waals surface area contributed by atoms with Gasteiger partial charge in [0.25, 0.3) is 0 Å². The first kappa shape index (κ1) is 14.0. The van der Waals surface area contributed by atoms with E-state index in [0.717, 1.165) is 0 Å². The third-order valence-electron chi connectivity index (χ3n) is 3.39. The molecule has 1 aliphatic heterocycles. The number of ether oxygens (including phenoxy) is 1. The Morgan fingerprint density at radius 2 is 1.44 bits per heavy atom. The summed E-state index contributed by atoms with van der Waals surface area (Å²) in [6, 6.07) is 0.461. The fraction of sp³-hybridized carbons (Fsp3) is 1.00. The van der Waals surface area contributed by atoms with Gasteiger partial charge in [-0.3, -0.25) is 4.90 Å². The van der Waals surface area contributed by atoms with Crippen LogP contribution in [0, 0.1) is 5.41 Å². The Kier molecular flexibility index (Phi) is 3.24. The van der Waals surface area contributed by atoms with Gasteiger partial charge in [-0.15, -0.1) is 0 Å². The monoisotopic (exact) mass is 227 g/mol. The highest BCUT2D eigenvalue weighted by atomic mass is 16.5. The van der Waals surface area contributed by atoms with Gasteiger partial charge in [0.1, 0.15) is 5.72 Å². The van der Waals surface area contributed by atoms with Crippen LogP contribution in [-0.2, 0) is 4.74 Å². The van der Waals surface area contributed by atoms with Gasteiger partial charge < -0.3 is 4.74 Å². The molecule has 0 spiro atoms. The highest BCUT2D eigenvalue weighted by Gasteiger charge is 2.53. The van der Waals surface area contributed by atoms with Gasteiger partial charge in [0.15, 0.2) is 0 Å². The van der Waals surface area contributed by atoms with E-state index in [4.69, 9.17) is 4.74 Å². The molecule has 16 heavy (non-hydrogen) atoms. The van der Waals surface area contributed by atoms with Crippen molar-refractivity contribution in [3.05, 3.63) is 0 Å². The van der Waals surface area contributed by atoms with E-state index in [0.29, 0.717) is 6.04 Å². The van der Waals surface area contributed by atoms with E-state index in [-0.39, 0.29) is 22.8 Å². The predicted octanol–water partition coefficient (Wildman–Crippen LogP) is 3.66. The first-order valence-electron chi connectivity index (χ1n) is 6.34. The van der Waals surface area contributed by atoms with E-state index in [9.17, 15) is 0 Å². The van der Waals surface area contributed by atoms with Gasteiger partial charge in [0, 0.05) is 11.6 Å². The van der Waals surface area contributed by atoms with Crippen LogP contribution in [0.15, 0.2) is 0 Å². The lowest BCUT2D eigenvalue weighted by Crippen LogP contribution is -2.58. The zero-order chi connectivity index (χ0) is 12.9. The van der Waals surface area contributed by atoms with E-state index < -0.39 is 0 Å². The molecule has 0 saturated carbocycles. The molecule has 1 heterocycles. The highest BCUT2D eigenvalue weighted by molar-refractivity contribution is 5.02. The molecule has 1 fully saturated rings. The van der Waals surface area contributed by atoms with Crippen LogP contribution < -0.4 is 0 Å². The standard InChI is InChI=1S/C14H29NO/c1-10-11(12(2,3)4)15(13(5,6)7)14(8,9)16-10/h10-11H,1-9H3. The molecule has 0 N–H and O–H groups in total. The van der Waals surface area contributed by atoms with Gasteiger partial charge in [0.05, 0.1) is 6.10 Å². The summed E-state index contributed by atoms with van der Waals surface area (Å²) in [7, 11) is 0. The van der Waals surface area contributed by atoms with Crippen molar-refractivity contribution in [3.8, 4) is 0 Å². The van der Waals surface area contributed by atoms with Gasteiger partial charge in [-0.2, -0.15) is 0 Å². The Hall–Kier alpha value is -0.0800. The quantitative estimate of drug-likeness (QED) is 0.626. The molecule has 96 valence electrons. The van der Waals surface area contributed by atoms with Gasteiger partial charge in [-0.1, -0.05) is 20.8 Å². The average Bonchev–Trinajstić information content (AvgIpc) is 2.16. The third-order valence-corrected chi connectivity index (χ3v) is 3.39. The summed E-state index contributed by atoms with van der Waals surface area (Å²) >= 11 is 0. The first-order valence-corrected chi connectivity index (χ1v) is 6.34. The summed E-state index contributed by atoms with van der Waals surface area (Å²) in [5.41, 5.74) is 0.197. The number of hydrogen-bond acceptors (Lipinski definition) is 2. The lowest BCUT2D eigenvalue weighted by molar-refractivity contribution is -0.107. The Morgan fingerprint density at radius 1 is 1.00 bits per heavy atom. The molecule has 2 atom stereocenters. The number of hydrogen-bond donors (Lipinski definition) is 0. The van der Waals surface area contributed by atoms with Crippen molar-refractivity contribution < 1.29 is 4.74 Å². The van der Waals surface area contributed by atoms with E-state index in [1.807, 2.05) is 0 Å². The second kappa shape index (κ2) is 3.71. The number of nitrogens with zero attached hydrogens (tertiary/aromatic N) is 1. The largest absolute Gasteiger partial charge is 0.356 e. The summed E-state index contributed by atoms with van der Waals surface area (Å²) in [5, 5.41) is 0. The molecule has 0 amide bonds. The van der Waals surface area contributed by atoms with Crippen LogP contribution >= 0.6 is 0 Å². The van der Waals surface area contributed by atoms with Gasteiger partial charge in [-0.05, 0) is 47.0 Å². The topological polar surface area (TPSA) is 12.5 Å². The zero-order valence-electron chi connectivity index (χ0n) is 12.5. The summed E-state index contributed by atoms with van der Waals surface area (Å²) in [6.07, 6.45) is 0.286. The Labute approximate surface area is 101 Å². The van der Waals surface area contributed by atoms with Crippen molar-refractivity contribution in [1.29, 1.82) is 0 Å². The maximum atomic E-state index is 6.15. The lowest BCUT2D eigenvalue weighted by atomic mass is 9.81. The first-order chi connectivity index (χ1) is 6.87. The van der Waals surface area contributed by atoms with Crippen LogP contribution in [0.2, 0.25) is 0 Å². The molecular formula is C14H29NO. The normalized spacial score (nSPS) is 32.1. The van der Waals surface area contributed by atoms with Crippen LogP contribution in [0.1, 0.15) is 62.3 Å². The minimum Gasteiger partial charge on any atom is -0.356 e. The van der Waals surface area contributed by atoms with Crippen molar-refractivity contribution >= 4 is 0 Å². The fourth-order valence-corrected chi connectivity index (χ4v) is 3.44. The molecule has 1 saturated heterocycles. The summed E-state index contributed by atoms with van der Waals surface area (Å²) in [6.45, 7) is 20.3. The smallest absolute Gasteiger partial charge is 0.117 e. The SMILES string of the molecule is CC1OC(C)(C)N(C(C)(C)C)C1C(C)(C)C. The summed E-state index contributed by atoms with van der Waals surface area (Å²) in [5.74, 6) is 0. The number of rotatable bonds is 0. The van der Waals surface area contributed by atoms with Crippen molar-refractivity contribution in [3.63, 3.8) is 0 Å². The fourth-order valence-electron chi connectivity index (χ4n) is 3.44. The van der Waals surface area contributed by atoms with Crippen LogP contribution in [0.5, 0.6) is 0 Å². The molecule has 2 heteroatoms. The van der Waals surface area contributed by atoms with Gasteiger partial charge in [0.2, 0.25) is 0 Å². The molecule has 0 aliphatic carbocycles. The molecule has 0 aromatic rings. The highest BCUT2D eigenvalue weighted by Crippen LogP contribution is 2.44. The molecule has 1 rings (SSSR count). The second-order valence-electron chi connectivity index (χ2n) is 7.62. The zero-order valence-corrected chi connectivity index (χ0v) is 12.5. The molecule has 0 aromatic carbocycles. The van der Waals surface area contributed by atoms with Crippen molar-refractivity contribution in [2.24, 2.45) is 5.41 Å². The molecule has 0 aromatic heterocycles. The molecule has 0 radical (unpaired) electrons.